The van der Waals surface area contributed by atoms with Crippen LogP contribution < -0.4 is 0 Å². The van der Waals surface area contributed by atoms with E-state index in [-0.39, 0.29) is 4.77 Å². The summed E-state index contributed by atoms with van der Waals surface area (Å²) >= 11 is 4.89. The molecule has 0 amide bonds. The van der Waals surface area contributed by atoms with Crippen molar-refractivity contribution in [2.45, 2.75) is 32.0 Å². The van der Waals surface area contributed by atoms with E-state index in [1.54, 1.807) is 4.57 Å². The molecule has 1 aliphatic rings. The molecule has 1 aliphatic heterocycles. The summed E-state index contributed by atoms with van der Waals surface area (Å²) in [6.45, 7) is 0.579. The molecular weight excluding hydrogens is 241 g/mol. The number of imidazole rings is 1. The molecule has 7 heteroatoms. The minimum Gasteiger partial charge on any atom is -0.328 e. The first-order valence-corrected chi connectivity index (χ1v) is 5.25. The number of nitrogens with zero attached hydrogens (tertiary/aromatic N) is 1. The van der Waals surface area contributed by atoms with Gasteiger partial charge in [0.1, 0.15) is 5.69 Å². The Morgan fingerprint density at radius 2 is 2.06 bits per heavy atom. The zero-order valence-electron chi connectivity index (χ0n) is 8.23. The zero-order chi connectivity index (χ0) is 11.9. The highest BCUT2D eigenvalue weighted by atomic mass is 32.1. The fraction of sp³-hybridized carbons (Fsp3) is 0.556. The fourth-order valence-corrected chi connectivity index (χ4v) is 2.20. The van der Waals surface area contributed by atoms with Gasteiger partial charge in [0, 0.05) is 12.2 Å². The normalized spacial score (nSPS) is 15.9. The molecule has 0 spiro atoms. The number of hydrogen-bond donors (Lipinski definition) is 1. The van der Waals surface area contributed by atoms with Crippen LogP contribution in [0.4, 0.5) is 13.2 Å². The van der Waals surface area contributed by atoms with Crippen molar-refractivity contribution in [1.82, 2.24) is 9.55 Å². The highest BCUT2D eigenvalue weighted by Crippen LogP contribution is 2.26. The molecule has 1 aromatic rings. The molecule has 0 aromatic carbocycles. The lowest BCUT2D eigenvalue weighted by Crippen LogP contribution is -2.25. The Labute approximate surface area is 94.3 Å². The van der Waals surface area contributed by atoms with Crippen LogP contribution in [0, 0.1) is 4.77 Å². The standard InChI is InChI=1S/C9H9F3N2OS/c10-9(11,12)7(15)6-5-3-1-2-4-14(5)8(16)13-6/h1-4H2,(H,13,16). The number of halogens is 3. The number of hydrogen-bond acceptors (Lipinski definition) is 2. The van der Waals surface area contributed by atoms with Crippen LogP contribution in [0.2, 0.25) is 0 Å². The maximum Gasteiger partial charge on any atom is 0.456 e. The van der Waals surface area contributed by atoms with Crippen LogP contribution in [0.25, 0.3) is 0 Å². The number of aromatic amines is 1. The van der Waals surface area contributed by atoms with Crippen LogP contribution in [-0.2, 0) is 13.0 Å². The molecule has 0 fully saturated rings. The number of Topliss-reactive ketones (excluding diaryl/α,β-unsaturated/α-hetero) is 1. The van der Waals surface area contributed by atoms with Gasteiger partial charge in [0.2, 0.25) is 0 Å². The van der Waals surface area contributed by atoms with Gasteiger partial charge in [-0.3, -0.25) is 4.79 Å². The second kappa shape index (κ2) is 3.73. The summed E-state index contributed by atoms with van der Waals surface area (Å²) in [5, 5.41) is 0. The Morgan fingerprint density at radius 1 is 1.38 bits per heavy atom. The van der Waals surface area contributed by atoms with Crippen molar-refractivity contribution < 1.29 is 18.0 Å². The number of rotatable bonds is 1. The summed E-state index contributed by atoms with van der Waals surface area (Å²) in [6, 6.07) is 0. The van der Waals surface area contributed by atoms with E-state index in [1.807, 2.05) is 0 Å². The Kier molecular flexibility index (Phi) is 2.65. The summed E-state index contributed by atoms with van der Waals surface area (Å²) in [4.78, 5) is 13.5. The van der Waals surface area contributed by atoms with E-state index >= 15 is 0 Å². The van der Waals surface area contributed by atoms with E-state index in [1.165, 1.54) is 0 Å². The molecule has 3 nitrogen and oxygen atoms in total. The second-order valence-corrected chi connectivity index (χ2v) is 4.07. The van der Waals surface area contributed by atoms with Crippen LogP contribution >= 0.6 is 12.2 Å². The molecule has 88 valence electrons. The highest BCUT2D eigenvalue weighted by molar-refractivity contribution is 7.71. The second-order valence-electron chi connectivity index (χ2n) is 3.69. The third-order valence-electron chi connectivity index (χ3n) is 2.62. The number of carbonyl (C=O) groups is 1. The third kappa shape index (κ3) is 1.79. The first kappa shape index (κ1) is 11.4. The van der Waals surface area contributed by atoms with Crippen LogP contribution in [-0.4, -0.2) is 21.5 Å². The average Bonchev–Trinajstić information content (AvgIpc) is 2.55. The van der Waals surface area contributed by atoms with Crippen molar-refractivity contribution in [2.24, 2.45) is 0 Å². The summed E-state index contributed by atoms with van der Waals surface area (Å²) in [7, 11) is 0. The molecule has 0 aliphatic carbocycles. The summed E-state index contributed by atoms with van der Waals surface area (Å²) < 4.78 is 38.7. The molecule has 0 saturated heterocycles. The van der Waals surface area contributed by atoms with Gasteiger partial charge in [0.05, 0.1) is 0 Å². The van der Waals surface area contributed by atoms with Crippen LogP contribution in [0.5, 0.6) is 0 Å². The zero-order valence-corrected chi connectivity index (χ0v) is 9.04. The van der Waals surface area contributed by atoms with E-state index in [9.17, 15) is 18.0 Å². The van der Waals surface area contributed by atoms with Crippen LogP contribution in [0.1, 0.15) is 29.0 Å². The molecule has 2 heterocycles. The predicted octanol–water partition coefficient (Wildman–Crippen LogP) is 2.63. The maximum atomic E-state index is 12.3. The lowest BCUT2D eigenvalue weighted by atomic mass is 10.1. The predicted molar refractivity (Wildman–Crippen MR) is 52.9 cm³/mol. The van der Waals surface area contributed by atoms with Crippen molar-refractivity contribution in [3.8, 4) is 0 Å². The van der Waals surface area contributed by atoms with Gasteiger partial charge in [0.15, 0.2) is 4.77 Å². The van der Waals surface area contributed by atoms with Crippen molar-refractivity contribution in [2.75, 3.05) is 0 Å². The number of nitrogens with one attached hydrogen (secondary N) is 1. The van der Waals surface area contributed by atoms with E-state index in [2.05, 4.69) is 4.98 Å². The topological polar surface area (TPSA) is 37.8 Å². The molecule has 0 radical (unpaired) electrons. The van der Waals surface area contributed by atoms with Gasteiger partial charge in [-0.15, -0.1) is 0 Å². The van der Waals surface area contributed by atoms with Crippen molar-refractivity contribution in [1.29, 1.82) is 0 Å². The summed E-state index contributed by atoms with van der Waals surface area (Å²) in [5.74, 6) is -1.84. The SMILES string of the molecule is O=C(c1[nH]c(=S)n2c1CCCC2)C(F)(F)F. The van der Waals surface area contributed by atoms with E-state index < -0.39 is 17.7 Å². The minimum atomic E-state index is -4.85. The lowest BCUT2D eigenvalue weighted by molar-refractivity contribution is -0.0888. The van der Waals surface area contributed by atoms with Gasteiger partial charge in [-0.25, -0.2) is 0 Å². The smallest absolute Gasteiger partial charge is 0.328 e. The number of fused-ring (bicyclic) bond motifs is 1. The van der Waals surface area contributed by atoms with Gasteiger partial charge in [-0.1, -0.05) is 0 Å². The lowest BCUT2D eigenvalue weighted by Gasteiger charge is -2.15. The monoisotopic (exact) mass is 250 g/mol. The molecule has 0 bridgehead atoms. The van der Waals surface area contributed by atoms with Gasteiger partial charge in [0.25, 0.3) is 5.78 Å². The Morgan fingerprint density at radius 3 is 2.69 bits per heavy atom. The van der Waals surface area contributed by atoms with Gasteiger partial charge in [-0.05, 0) is 31.5 Å². The molecule has 0 unspecified atom stereocenters. The highest BCUT2D eigenvalue weighted by Gasteiger charge is 2.42. The largest absolute Gasteiger partial charge is 0.456 e. The molecule has 0 atom stereocenters. The van der Waals surface area contributed by atoms with E-state index in [0.717, 1.165) is 12.8 Å². The van der Waals surface area contributed by atoms with Gasteiger partial charge in [-0.2, -0.15) is 13.2 Å². The number of ketones is 1. The molecule has 16 heavy (non-hydrogen) atoms. The Balaban J connectivity index is 2.51. The maximum absolute atomic E-state index is 12.3. The quantitative estimate of drug-likeness (QED) is 0.614. The Bertz CT molecular complexity index is 486. The van der Waals surface area contributed by atoms with E-state index in [4.69, 9.17) is 12.2 Å². The van der Waals surface area contributed by atoms with Crippen LogP contribution in [0.3, 0.4) is 0 Å². The number of carbonyl (C=O) groups excluding carboxylic acids is 1. The van der Waals surface area contributed by atoms with Crippen molar-refractivity contribution in [3.05, 3.63) is 16.2 Å². The first-order valence-electron chi connectivity index (χ1n) is 4.84. The minimum absolute atomic E-state index is 0.197. The van der Waals surface area contributed by atoms with Gasteiger partial charge >= 0.3 is 6.18 Å². The average molecular weight is 250 g/mol. The molecule has 1 aromatic heterocycles. The Hall–Kier alpha value is -1.11. The summed E-state index contributed by atoms with van der Waals surface area (Å²) in [6.07, 6.45) is -2.73. The first-order chi connectivity index (χ1) is 7.41. The number of alkyl halides is 3. The molecule has 0 saturated carbocycles. The fourth-order valence-electron chi connectivity index (χ4n) is 1.89. The number of aromatic nitrogens is 2. The molecular formula is C9H9F3N2OS. The van der Waals surface area contributed by atoms with E-state index in [0.29, 0.717) is 18.7 Å². The van der Waals surface area contributed by atoms with Crippen molar-refractivity contribution in [3.63, 3.8) is 0 Å². The van der Waals surface area contributed by atoms with Crippen molar-refractivity contribution >= 4 is 18.0 Å². The molecule has 2 rings (SSSR count). The molecule has 1 N–H and O–H groups in total. The number of H-pyrrole nitrogens is 1. The van der Waals surface area contributed by atoms with Crippen LogP contribution in [0.15, 0.2) is 0 Å². The third-order valence-corrected chi connectivity index (χ3v) is 2.94. The summed E-state index contributed by atoms with van der Waals surface area (Å²) in [5.41, 5.74) is -0.00391. The van der Waals surface area contributed by atoms with Gasteiger partial charge < -0.3 is 9.55 Å².